The summed E-state index contributed by atoms with van der Waals surface area (Å²) in [6, 6.07) is 11.6. The Kier molecular flexibility index (Phi) is 3.96. The molecule has 1 N–H and O–H groups in total. The number of hydrogen-bond donors (Lipinski definition) is 1. The molecule has 3 aromatic rings. The summed E-state index contributed by atoms with van der Waals surface area (Å²) in [5.74, 6) is 0.346. The zero-order valence-electron chi connectivity index (χ0n) is 13.2. The predicted octanol–water partition coefficient (Wildman–Crippen LogP) is 2.88. The summed E-state index contributed by atoms with van der Waals surface area (Å²) in [7, 11) is 0. The molecule has 3 heterocycles. The number of rotatable bonds is 3. The highest BCUT2D eigenvalue weighted by atomic mass is 16.5. The minimum atomic E-state index is -0.156. The summed E-state index contributed by atoms with van der Waals surface area (Å²) in [6.45, 7) is 1.61. The highest BCUT2D eigenvalue weighted by Crippen LogP contribution is 2.28. The molecule has 0 radical (unpaired) electrons. The number of anilines is 1. The molecule has 24 heavy (non-hydrogen) atoms. The summed E-state index contributed by atoms with van der Waals surface area (Å²) in [4.78, 5) is 16.6. The van der Waals surface area contributed by atoms with E-state index in [1.807, 2.05) is 12.1 Å². The number of carbonyl (C=O) groups excluding carboxylic acids is 1. The molecule has 2 aromatic heterocycles. The van der Waals surface area contributed by atoms with Crippen molar-refractivity contribution in [3.8, 4) is 0 Å². The monoisotopic (exact) mass is 322 g/mol. The van der Waals surface area contributed by atoms with Gasteiger partial charge in [-0.2, -0.15) is 5.10 Å². The SMILES string of the molecule is O=C(Nc1cccc(C2CCOCC2)c1)c1ccc2ncnn2c1. The second-order valence-corrected chi connectivity index (χ2v) is 5.95. The fraction of sp³-hybridized carbons (Fsp3) is 0.278. The van der Waals surface area contributed by atoms with Gasteiger partial charge in [0.2, 0.25) is 0 Å². The summed E-state index contributed by atoms with van der Waals surface area (Å²) >= 11 is 0. The fourth-order valence-corrected chi connectivity index (χ4v) is 3.06. The molecule has 1 aliphatic rings. The number of carbonyl (C=O) groups is 1. The van der Waals surface area contributed by atoms with Crippen LogP contribution in [0.15, 0.2) is 48.9 Å². The van der Waals surface area contributed by atoms with E-state index in [1.165, 1.54) is 11.9 Å². The van der Waals surface area contributed by atoms with Gasteiger partial charge in [-0.25, -0.2) is 9.50 Å². The third-order valence-corrected chi connectivity index (χ3v) is 4.37. The molecular weight excluding hydrogens is 304 g/mol. The molecule has 0 bridgehead atoms. The summed E-state index contributed by atoms with van der Waals surface area (Å²) in [5.41, 5.74) is 3.32. The fourth-order valence-electron chi connectivity index (χ4n) is 3.06. The Hall–Kier alpha value is -2.73. The quantitative estimate of drug-likeness (QED) is 0.805. The lowest BCUT2D eigenvalue weighted by atomic mass is 9.91. The Bertz CT molecular complexity index is 868. The number of ether oxygens (including phenoxy) is 1. The summed E-state index contributed by atoms with van der Waals surface area (Å²) in [6.07, 6.45) is 5.20. The maximum Gasteiger partial charge on any atom is 0.257 e. The Morgan fingerprint density at radius 2 is 2.08 bits per heavy atom. The van der Waals surface area contributed by atoms with E-state index in [4.69, 9.17) is 4.74 Å². The summed E-state index contributed by atoms with van der Waals surface area (Å²) < 4.78 is 7.01. The molecule has 4 rings (SSSR count). The van der Waals surface area contributed by atoms with Gasteiger partial charge in [-0.3, -0.25) is 4.79 Å². The van der Waals surface area contributed by atoms with Gasteiger partial charge in [-0.15, -0.1) is 0 Å². The zero-order chi connectivity index (χ0) is 16.4. The standard InChI is InChI=1S/C18H18N4O2/c23-18(15-4-5-17-19-12-20-22(17)11-15)21-16-3-1-2-14(10-16)13-6-8-24-9-7-13/h1-5,10-13H,6-9H2,(H,21,23). The molecule has 6 nitrogen and oxygen atoms in total. The Balaban J connectivity index is 1.52. The maximum absolute atomic E-state index is 12.5. The number of pyridine rings is 1. The van der Waals surface area contributed by atoms with Crippen LogP contribution in [0.4, 0.5) is 5.69 Å². The van der Waals surface area contributed by atoms with Crippen LogP contribution < -0.4 is 5.32 Å². The molecule has 0 unspecified atom stereocenters. The number of nitrogens with zero attached hydrogens (tertiary/aromatic N) is 3. The van der Waals surface area contributed by atoms with Gasteiger partial charge >= 0.3 is 0 Å². The van der Waals surface area contributed by atoms with Crippen LogP contribution in [0.1, 0.15) is 34.7 Å². The van der Waals surface area contributed by atoms with Crippen molar-refractivity contribution in [2.75, 3.05) is 18.5 Å². The van der Waals surface area contributed by atoms with Gasteiger partial charge in [0.25, 0.3) is 5.91 Å². The first-order valence-electron chi connectivity index (χ1n) is 8.08. The van der Waals surface area contributed by atoms with Crippen molar-refractivity contribution in [2.45, 2.75) is 18.8 Å². The normalized spacial score (nSPS) is 15.5. The largest absolute Gasteiger partial charge is 0.381 e. The van der Waals surface area contributed by atoms with E-state index in [0.29, 0.717) is 17.1 Å². The van der Waals surface area contributed by atoms with E-state index in [2.05, 4.69) is 27.5 Å². The van der Waals surface area contributed by atoms with Crippen molar-refractivity contribution in [3.05, 3.63) is 60.0 Å². The number of benzene rings is 1. The Morgan fingerprint density at radius 1 is 1.21 bits per heavy atom. The molecule has 1 saturated heterocycles. The van der Waals surface area contributed by atoms with E-state index in [0.717, 1.165) is 31.7 Å². The van der Waals surface area contributed by atoms with Crippen LogP contribution in [0, 0.1) is 0 Å². The van der Waals surface area contributed by atoms with Crippen molar-refractivity contribution in [1.29, 1.82) is 0 Å². The number of hydrogen-bond acceptors (Lipinski definition) is 4. The van der Waals surface area contributed by atoms with E-state index in [-0.39, 0.29) is 5.91 Å². The van der Waals surface area contributed by atoms with Gasteiger partial charge < -0.3 is 10.1 Å². The smallest absolute Gasteiger partial charge is 0.257 e. The van der Waals surface area contributed by atoms with Crippen molar-refractivity contribution in [3.63, 3.8) is 0 Å². The first kappa shape index (κ1) is 14.8. The second-order valence-electron chi connectivity index (χ2n) is 5.95. The first-order valence-corrected chi connectivity index (χ1v) is 8.08. The van der Waals surface area contributed by atoms with Crippen molar-refractivity contribution in [2.24, 2.45) is 0 Å². The van der Waals surface area contributed by atoms with Crippen molar-refractivity contribution in [1.82, 2.24) is 14.6 Å². The van der Waals surface area contributed by atoms with Crippen LogP contribution in [-0.4, -0.2) is 33.7 Å². The van der Waals surface area contributed by atoms with Crippen LogP contribution in [0.25, 0.3) is 5.65 Å². The third kappa shape index (κ3) is 3.00. The van der Waals surface area contributed by atoms with Gasteiger partial charge in [-0.1, -0.05) is 12.1 Å². The predicted molar refractivity (Wildman–Crippen MR) is 90.2 cm³/mol. The maximum atomic E-state index is 12.5. The molecule has 0 atom stereocenters. The highest BCUT2D eigenvalue weighted by molar-refractivity contribution is 6.04. The number of amides is 1. The number of aromatic nitrogens is 3. The number of nitrogens with one attached hydrogen (secondary N) is 1. The van der Waals surface area contributed by atoms with Crippen molar-refractivity contribution >= 4 is 17.2 Å². The molecule has 1 aliphatic heterocycles. The minimum Gasteiger partial charge on any atom is -0.381 e. The van der Waals surface area contributed by atoms with Gasteiger partial charge in [0.05, 0.1) is 5.56 Å². The lowest BCUT2D eigenvalue weighted by molar-refractivity contribution is 0.0853. The molecule has 1 amide bonds. The molecule has 1 aromatic carbocycles. The lowest BCUT2D eigenvalue weighted by Crippen LogP contribution is -2.15. The molecule has 6 heteroatoms. The van der Waals surface area contributed by atoms with Gasteiger partial charge in [0.15, 0.2) is 5.65 Å². The van der Waals surface area contributed by atoms with Crippen LogP contribution in [-0.2, 0) is 4.74 Å². The van der Waals surface area contributed by atoms with E-state index < -0.39 is 0 Å². The van der Waals surface area contributed by atoms with Gasteiger partial charge in [0, 0.05) is 25.1 Å². The molecule has 0 saturated carbocycles. The second kappa shape index (κ2) is 6.41. The topological polar surface area (TPSA) is 68.5 Å². The minimum absolute atomic E-state index is 0.156. The van der Waals surface area contributed by atoms with Crippen LogP contribution in [0.2, 0.25) is 0 Å². The first-order chi connectivity index (χ1) is 11.8. The molecule has 0 spiro atoms. The van der Waals surface area contributed by atoms with Crippen LogP contribution in [0.5, 0.6) is 0 Å². The van der Waals surface area contributed by atoms with Gasteiger partial charge in [0.1, 0.15) is 6.33 Å². The average molecular weight is 322 g/mol. The average Bonchev–Trinajstić information content (AvgIpc) is 3.10. The van der Waals surface area contributed by atoms with Crippen LogP contribution in [0.3, 0.4) is 0 Å². The molecule has 122 valence electrons. The zero-order valence-corrected chi connectivity index (χ0v) is 13.2. The van der Waals surface area contributed by atoms with Crippen LogP contribution >= 0.6 is 0 Å². The molecule has 1 fully saturated rings. The number of fused-ring (bicyclic) bond motifs is 1. The van der Waals surface area contributed by atoms with Crippen molar-refractivity contribution < 1.29 is 9.53 Å². The molecule has 0 aliphatic carbocycles. The van der Waals surface area contributed by atoms with E-state index in [1.54, 1.807) is 22.8 Å². The highest BCUT2D eigenvalue weighted by Gasteiger charge is 2.16. The Morgan fingerprint density at radius 3 is 2.96 bits per heavy atom. The van der Waals surface area contributed by atoms with E-state index >= 15 is 0 Å². The Labute approximate surface area is 139 Å². The molecular formula is C18H18N4O2. The summed E-state index contributed by atoms with van der Waals surface area (Å²) in [5, 5.41) is 7.02. The lowest BCUT2D eigenvalue weighted by Gasteiger charge is -2.22. The van der Waals surface area contributed by atoms with E-state index in [9.17, 15) is 4.79 Å². The van der Waals surface area contributed by atoms with Gasteiger partial charge in [-0.05, 0) is 48.6 Å². The third-order valence-electron chi connectivity index (χ3n) is 4.37.